The molecule has 0 aliphatic heterocycles. The molecular weight excluding hydrogens is 324 g/mol. The number of rotatable bonds is 3. The Morgan fingerprint density at radius 2 is 2.10 bits per heavy atom. The molecule has 1 aromatic rings. The van der Waals surface area contributed by atoms with Crippen molar-refractivity contribution in [1.29, 1.82) is 5.26 Å². The first-order valence-electron chi connectivity index (χ1n) is 5.54. The molecule has 0 aliphatic carbocycles. The molecule has 0 saturated carbocycles. The number of carbonyl (C=O) groups excluding carboxylic acids is 2. The van der Waals surface area contributed by atoms with Gasteiger partial charge in [-0.15, -0.1) is 0 Å². The van der Waals surface area contributed by atoms with Gasteiger partial charge >= 0.3 is 6.03 Å². The van der Waals surface area contributed by atoms with Crippen LogP contribution in [0, 0.1) is 11.3 Å². The second-order valence-corrected chi connectivity index (χ2v) is 4.95. The van der Waals surface area contributed by atoms with Gasteiger partial charge in [0.25, 0.3) is 5.91 Å². The van der Waals surface area contributed by atoms with Gasteiger partial charge in [0.2, 0.25) is 0 Å². The molecule has 20 heavy (non-hydrogen) atoms. The largest absolute Gasteiger partial charge is 0.377 e. The van der Waals surface area contributed by atoms with Gasteiger partial charge in [-0.2, -0.15) is 5.26 Å². The fourth-order valence-electron chi connectivity index (χ4n) is 1.47. The Morgan fingerprint density at radius 1 is 1.45 bits per heavy atom. The highest BCUT2D eigenvalue weighted by molar-refractivity contribution is 9.10. The minimum atomic E-state index is -1.000. The molecule has 0 atom stereocenters. The van der Waals surface area contributed by atoms with E-state index in [9.17, 15) is 9.59 Å². The van der Waals surface area contributed by atoms with Gasteiger partial charge in [0.15, 0.2) is 0 Å². The molecule has 0 fully saturated rings. The molecule has 1 aromatic carbocycles. The summed E-state index contributed by atoms with van der Waals surface area (Å²) in [6.45, 7) is 0. The molecular formula is C13H13BrN4O2. The van der Waals surface area contributed by atoms with E-state index in [1.54, 1.807) is 18.2 Å². The summed E-state index contributed by atoms with van der Waals surface area (Å²) in [5.74, 6) is -0.826. The summed E-state index contributed by atoms with van der Waals surface area (Å²) in [5.41, 5.74) is 6.25. The average molecular weight is 337 g/mol. The first-order chi connectivity index (χ1) is 9.35. The van der Waals surface area contributed by atoms with Gasteiger partial charge in [-0.1, -0.05) is 6.07 Å². The molecule has 0 radical (unpaired) electrons. The Kier molecular flexibility index (Phi) is 5.29. The van der Waals surface area contributed by atoms with Crippen molar-refractivity contribution in [3.8, 4) is 6.07 Å². The number of nitrogens with zero attached hydrogens (tertiary/aromatic N) is 2. The van der Waals surface area contributed by atoms with E-state index in [0.29, 0.717) is 5.56 Å². The molecule has 0 aliphatic rings. The Hall–Kier alpha value is -2.33. The van der Waals surface area contributed by atoms with Crippen LogP contribution in [-0.4, -0.2) is 26.0 Å². The van der Waals surface area contributed by atoms with Crippen LogP contribution in [-0.2, 0) is 4.79 Å². The standard InChI is InChI=1S/C13H13BrN4O2/c1-18(2)11-4-3-8(6-10(11)14)5-9(7-15)12(19)17-13(16)20/h3-6H,1-2H3,(H3,16,17,19,20)/b9-5-. The Balaban J connectivity index is 3.09. The number of benzene rings is 1. The van der Waals surface area contributed by atoms with Crippen molar-refractivity contribution in [2.45, 2.75) is 0 Å². The number of nitrogens with one attached hydrogen (secondary N) is 1. The summed E-state index contributed by atoms with van der Waals surface area (Å²) in [7, 11) is 3.80. The predicted molar refractivity (Wildman–Crippen MR) is 79.8 cm³/mol. The third kappa shape index (κ3) is 4.10. The highest BCUT2D eigenvalue weighted by Gasteiger charge is 2.11. The van der Waals surface area contributed by atoms with Crippen molar-refractivity contribution < 1.29 is 9.59 Å². The summed E-state index contributed by atoms with van der Waals surface area (Å²) in [4.78, 5) is 24.0. The number of hydrogen-bond donors (Lipinski definition) is 2. The number of halogens is 1. The first kappa shape index (κ1) is 15.7. The monoisotopic (exact) mass is 336 g/mol. The third-order valence-electron chi connectivity index (χ3n) is 2.37. The Morgan fingerprint density at radius 3 is 2.55 bits per heavy atom. The van der Waals surface area contributed by atoms with E-state index in [2.05, 4.69) is 15.9 Å². The topological polar surface area (TPSA) is 99.2 Å². The first-order valence-corrected chi connectivity index (χ1v) is 6.34. The van der Waals surface area contributed by atoms with Crippen LogP contribution in [0.25, 0.3) is 6.08 Å². The van der Waals surface area contributed by atoms with Crippen molar-refractivity contribution in [3.63, 3.8) is 0 Å². The molecule has 3 N–H and O–H groups in total. The van der Waals surface area contributed by atoms with Crippen molar-refractivity contribution in [2.75, 3.05) is 19.0 Å². The highest BCUT2D eigenvalue weighted by Crippen LogP contribution is 2.26. The van der Waals surface area contributed by atoms with Gasteiger partial charge in [-0.3, -0.25) is 10.1 Å². The van der Waals surface area contributed by atoms with Crippen LogP contribution < -0.4 is 16.0 Å². The highest BCUT2D eigenvalue weighted by atomic mass is 79.9. The number of anilines is 1. The quantitative estimate of drug-likeness (QED) is 0.647. The van der Waals surface area contributed by atoms with Crippen molar-refractivity contribution >= 4 is 39.6 Å². The van der Waals surface area contributed by atoms with Crippen LogP contribution in [0.2, 0.25) is 0 Å². The molecule has 0 heterocycles. The van der Waals surface area contributed by atoms with Gasteiger partial charge in [-0.05, 0) is 39.7 Å². The molecule has 6 nitrogen and oxygen atoms in total. The average Bonchev–Trinajstić information content (AvgIpc) is 2.34. The van der Waals surface area contributed by atoms with Gasteiger partial charge in [0.05, 0.1) is 5.69 Å². The molecule has 7 heteroatoms. The van der Waals surface area contributed by atoms with E-state index in [1.165, 1.54) is 6.08 Å². The van der Waals surface area contributed by atoms with Gasteiger partial charge in [0.1, 0.15) is 11.6 Å². The van der Waals surface area contributed by atoms with E-state index < -0.39 is 11.9 Å². The molecule has 104 valence electrons. The number of nitrogens with two attached hydrogens (primary N) is 1. The van der Waals surface area contributed by atoms with Crippen LogP contribution >= 0.6 is 15.9 Å². The number of primary amides is 1. The van der Waals surface area contributed by atoms with Crippen LogP contribution in [0.5, 0.6) is 0 Å². The van der Waals surface area contributed by atoms with Crippen LogP contribution in [0.15, 0.2) is 28.2 Å². The zero-order valence-electron chi connectivity index (χ0n) is 11.0. The van der Waals surface area contributed by atoms with E-state index in [-0.39, 0.29) is 5.57 Å². The van der Waals surface area contributed by atoms with Gasteiger partial charge in [-0.25, -0.2) is 4.79 Å². The lowest BCUT2D eigenvalue weighted by atomic mass is 10.1. The molecule has 0 spiro atoms. The fourth-order valence-corrected chi connectivity index (χ4v) is 2.22. The smallest absolute Gasteiger partial charge is 0.319 e. The number of urea groups is 1. The van der Waals surface area contributed by atoms with Crippen molar-refractivity contribution in [2.24, 2.45) is 5.73 Å². The molecule has 0 bridgehead atoms. The van der Waals surface area contributed by atoms with Crippen molar-refractivity contribution in [1.82, 2.24) is 5.32 Å². The van der Waals surface area contributed by atoms with Crippen LogP contribution in [0.1, 0.15) is 5.56 Å². The maximum Gasteiger partial charge on any atom is 0.319 e. The molecule has 3 amide bonds. The predicted octanol–water partition coefficient (Wildman–Crippen LogP) is 1.62. The lowest BCUT2D eigenvalue weighted by Gasteiger charge is -2.14. The van der Waals surface area contributed by atoms with Gasteiger partial charge < -0.3 is 10.6 Å². The normalized spacial score (nSPS) is 10.6. The Labute approximate surface area is 125 Å². The minimum absolute atomic E-state index is 0.201. The summed E-state index contributed by atoms with van der Waals surface area (Å²) in [6.07, 6.45) is 1.38. The number of hydrogen-bond acceptors (Lipinski definition) is 4. The third-order valence-corrected chi connectivity index (χ3v) is 3.00. The lowest BCUT2D eigenvalue weighted by molar-refractivity contribution is -0.115. The Bertz CT molecular complexity index is 617. The summed E-state index contributed by atoms with van der Waals surface area (Å²) >= 11 is 3.41. The second kappa shape index (κ2) is 6.73. The fraction of sp³-hybridized carbons (Fsp3) is 0.154. The summed E-state index contributed by atoms with van der Waals surface area (Å²) < 4.78 is 0.823. The summed E-state index contributed by atoms with van der Waals surface area (Å²) in [6, 6.07) is 6.10. The number of imide groups is 1. The molecule has 1 rings (SSSR count). The van der Waals surface area contributed by atoms with E-state index in [0.717, 1.165) is 10.2 Å². The zero-order valence-corrected chi connectivity index (χ0v) is 12.6. The minimum Gasteiger partial charge on any atom is -0.377 e. The molecule has 0 aromatic heterocycles. The van der Waals surface area contributed by atoms with E-state index >= 15 is 0 Å². The maximum absolute atomic E-state index is 11.5. The number of nitriles is 1. The van der Waals surface area contributed by atoms with Gasteiger partial charge in [0, 0.05) is 18.6 Å². The van der Waals surface area contributed by atoms with Crippen molar-refractivity contribution in [3.05, 3.63) is 33.8 Å². The van der Waals surface area contributed by atoms with E-state index in [4.69, 9.17) is 11.0 Å². The molecule has 0 unspecified atom stereocenters. The maximum atomic E-state index is 11.5. The zero-order chi connectivity index (χ0) is 15.3. The SMILES string of the molecule is CN(C)c1ccc(/C=C(/C#N)C(=O)NC(N)=O)cc1Br. The second-order valence-electron chi connectivity index (χ2n) is 4.09. The van der Waals surface area contributed by atoms with E-state index in [1.807, 2.05) is 30.4 Å². The number of carbonyl (C=O) groups is 2. The van der Waals surface area contributed by atoms with Crippen LogP contribution in [0.3, 0.4) is 0 Å². The lowest BCUT2D eigenvalue weighted by Crippen LogP contribution is -2.35. The van der Waals surface area contributed by atoms with Crippen LogP contribution in [0.4, 0.5) is 10.5 Å². The summed E-state index contributed by atoms with van der Waals surface area (Å²) in [5, 5.41) is 10.8. The molecule has 0 saturated heterocycles. The number of amides is 3.